The van der Waals surface area contributed by atoms with Gasteiger partial charge in [0, 0.05) is 50.6 Å². The first kappa shape index (κ1) is 56.1. The number of hydrogen-bond acceptors (Lipinski definition) is 2. The highest BCUT2D eigenvalue weighted by molar-refractivity contribution is 7.00. The normalized spacial score (nSPS) is 16.5. The molecular formula is C86H80BN3. The molecule has 0 bridgehead atoms. The molecule has 12 aromatic rings. The van der Waals surface area contributed by atoms with Crippen molar-refractivity contribution in [2.24, 2.45) is 0 Å². The van der Waals surface area contributed by atoms with Gasteiger partial charge in [-0.2, -0.15) is 0 Å². The molecule has 90 heavy (non-hydrogen) atoms. The van der Waals surface area contributed by atoms with E-state index in [-0.39, 0.29) is 33.8 Å². The highest BCUT2D eigenvalue weighted by Gasteiger charge is 2.45. The van der Waals surface area contributed by atoms with Gasteiger partial charge in [-0.25, -0.2) is 0 Å². The number of fused-ring (bicyclic) bond motifs is 9. The van der Waals surface area contributed by atoms with Crippen molar-refractivity contribution < 1.29 is 0 Å². The van der Waals surface area contributed by atoms with E-state index in [2.05, 4.69) is 327 Å². The second kappa shape index (κ2) is 20.2. The fraction of sp³-hybridized carbons (Fsp3) is 0.233. The molecule has 0 amide bonds. The third-order valence-electron chi connectivity index (χ3n) is 21.7. The lowest BCUT2D eigenvalue weighted by atomic mass is 9.33. The van der Waals surface area contributed by atoms with E-state index in [9.17, 15) is 0 Å². The summed E-state index contributed by atoms with van der Waals surface area (Å²) < 4.78 is 2.48. The first-order chi connectivity index (χ1) is 43.2. The number of hydrogen-bond donors (Lipinski definition) is 0. The van der Waals surface area contributed by atoms with Crippen LogP contribution in [-0.4, -0.2) is 11.3 Å². The van der Waals surface area contributed by atoms with Crippen LogP contribution in [0, 0.1) is 0 Å². The number of anilines is 6. The summed E-state index contributed by atoms with van der Waals surface area (Å²) in [7, 11) is 0. The Hall–Kier alpha value is -9.12. The van der Waals surface area contributed by atoms with Gasteiger partial charge in [0.05, 0.1) is 11.0 Å². The van der Waals surface area contributed by atoms with Crippen molar-refractivity contribution in [1.29, 1.82) is 0 Å². The highest BCUT2D eigenvalue weighted by atomic mass is 15.2. The van der Waals surface area contributed by atoms with Crippen LogP contribution in [0.4, 0.5) is 34.1 Å². The van der Waals surface area contributed by atoms with Crippen LogP contribution in [0.3, 0.4) is 0 Å². The summed E-state index contributed by atoms with van der Waals surface area (Å²) in [6.07, 6.45) is 4.76. The maximum absolute atomic E-state index is 2.61. The number of rotatable bonds is 7. The predicted octanol–water partition coefficient (Wildman–Crippen LogP) is 21.5. The Balaban J connectivity index is 0.942. The third-order valence-corrected chi connectivity index (χ3v) is 21.7. The maximum atomic E-state index is 2.61. The Kier molecular flexibility index (Phi) is 12.6. The summed E-state index contributed by atoms with van der Waals surface area (Å²) >= 11 is 0. The molecule has 0 N–H and O–H groups in total. The molecule has 0 unspecified atom stereocenters. The molecule has 0 fully saturated rings. The summed E-state index contributed by atoms with van der Waals surface area (Å²) in [5.74, 6) is 0. The van der Waals surface area contributed by atoms with Gasteiger partial charge in [-0.3, -0.25) is 0 Å². The molecule has 1 aromatic heterocycles. The van der Waals surface area contributed by atoms with Crippen LogP contribution < -0.4 is 26.2 Å². The van der Waals surface area contributed by atoms with Gasteiger partial charge in [0.1, 0.15) is 0 Å². The van der Waals surface area contributed by atoms with Crippen LogP contribution in [0.1, 0.15) is 130 Å². The van der Waals surface area contributed by atoms with Crippen LogP contribution >= 0.6 is 0 Å². The first-order valence-electron chi connectivity index (χ1n) is 32.9. The van der Waals surface area contributed by atoms with Crippen molar-refractivity contribution >= 4 is 79.0 Å². The van der Waals surface area contributed by atoms with E-state index in [4.69, 9.17) is 0 Å². The highest BCUT2D eigenvalue weighted by Crippen LogP contribution is 2.51. The van der Waals surface area contributed by atoms with Crippen molar-refractivity contribution in [3.8, 4) is 50.2 Å². The van der Waals surface area contributed by atoms with Gasteiger partial charge in [-0.05, 0) is 208 Å². The molecule has 0 saturated heterocycles. The molecule has 0 atom stereocenters. The molecule has 11 aromatic carbocycles. The second-order valence-electron chi connectivity index (χ2n) is 30.3. The second-order valence-corrected chi connectivity index (χ2v) is 30.3. The molecule has 2 aliphatic heterocycles. The fourth-order valence-corrected chi connectivity index (χ4v) is 16.2. The summed E-state index contributed by atoms with van der Waals surface area (Å²) in [5, 5.41) is 2.51. The molecule has 4 aliphatic rings. The van der Waals surface area contributed by atoms with Gasteiger partial charge >= 0.3 is 0 Å². The van der Waals surface area contributed by atoms with Crippen LogP contribution in [0.15, 0.2) is 237 Å². The lowest BCUT2D eigenvalue weighted by Crippen LogP contribution is -2.61. The Morgan fingerprint density at radius 1 is 0.311 bits per heavy atom. The molecule has 2 aliphatic carbocycles. The van der Waals surface area contributed by atoms with E-state index in [0.717, 1.165) is 17.1 Å². The Labute approximate surface area is 533 Å². The van der Waals surface area contributed by atoms with Crippen molar-refractivity contribution in [1.82, 2.24) is 4.57 Å². The predicted molar refractivity (Wildman–Crippen MR) is 386 cm³/mol. The van der Waals surface area contributed by atoms with E-state index < -0.39 is 0 Å². The standard InChI is InChI=1S/C86H80BN3/c1-82(2,3)63-23-19-22-58(48-63)61-34-43-77-74(51-61)87-73-42-39-66(90-75-26-17-15-24-67(75)68-25-16-18-27-76(68)90)54-78(73)89(65-37-30-57(31-38-65)60-33-41-70-72(50-60)86(10,11)47-45-84(70,6)7)80-53-62(55-20-13-12-14-21-55)52-79(81(80)87)88(77)64-35-28-56(29-36-64)59-32-40-69-71(49-59)85(8,9)46-44-83(69,4)5/h12-43,48-54H,44-47H2,1-11H3. The SMILES string of the molecule is CC(C)(C)c1cccc(-c2ccc3c(c2)B2c4ccc(-n5c6ccccc6c6ccccc65)cc4N(c4ccc(-c5ccc6c(c5)C(C)(C)CCC6(C)C)cc4)c4cc(-c5ccccc5)cc(c42)N3c2ccc(-c3ccc4c(c3)C(C)(C)CCC4(C)C)cc2)c1. The molecule has 0 saturated carbocycles. The van der Waals surface area contributed by atoms with Crippen molar-refractivity contribution in [3.63, 3.8) is 0 Å². The molecule has 3 nitrogen and oxygen atoms in total. The van der Waals surface area contributed by atoms with E-state index >= 15 is 0 Å². The zero-order valence-electron chi connectivity index (χ0n) is 54.3. The van der Waals surface area contributed by atoms with E-state index in [1.54, 1.807) is 0 Å². The number of para-hydroxylation sites is 2. The lowest BCUT2D eigenvalue weighted by Gasteiger charge is -2.44. The Bertz CT molecular complexity index is 4820. The number of aromatic nitrogens is 1. The van der Waals surface area contributed by atoms with Crippen LogP contribution in [-0.2, 0) is 27.1 Å². The minimum Gasteiger partial charge on any atom is -0.311 e. The Morgan fingerprint density at radius 3 is 1.29 bits per heavy atom. The van der Waals surface area contributed by atoms with Gasteiger partial charge in [0.15, 0.2) is 0 Å². The van der Waals surface area contributed by atoms with Crippen LogP contribution in [0.2, 0.25) is 0 Å². The first-order valence-corrected chi connectivity index (χ1v) is 32.9. The topological polar surface area (TPSA) is 11.4 Å². The zero-order valence-corrected chi connectivity index (χ0v) is 54.3. The van der Waals surface area contributed by atoms with Gasteiger partial charge in [0.2, 0.25) is 0 Å². The molecule has 0 radical (unpaired) electrons. The van der Waals surface area contributed by atoms with E-state index in [1.807, 2.05) is 0 Å². The van der Waals surface area contributed by atoms with Gasteiger partial charge in [0.25, 0.3) is 6.71 Å². The van der Waals surface area contributed by atoms with Crippen molar-refractivity contribution in [2.75, 3.05) is 9.80 Å². The van der Waals surface area contributed by atoms with Gasteiger partial charge < -0.3 is 14.4 Å². The molecule has 0 spiro atoms. The van der Waals surface area contributed by atoms with Crippen molar-refractivity contribution in [3.05, 3.63) is 264 Å². The quantitative estimate of drug-likeness (QED) is 0.147. The Morgan fingerprint density at radius 2 is 0.744 bits per heavy atom. The monoisotopic (exact) mass is 1170 g/mol. The molecular weight excluding hydrogens is 1090 g/mol. The largest absolute Gasteiger partial charge is 0.311 e. The summed E-state index contributed by atoms with van der Waals surface area (Å²) in [6, 6.07) is 91.4. The summed E-state index contributed by atoms with van der Waals surface area (Å²) in [4.78, 5) is 5.20. The summed E-state index contributed by atoms with van der Waals surface area (Å²) in [6.45, 7) is 26.3. The fourth-order valence-electron chi connectivity index (χ4n) is 16.2. The smallest absolute Gasteiger partial charge is 0.252 e. The molecule has 3 heterocycles. The average Bonchev–Trinajstić information content (AvgIpc) is 0.746. The summed E-state index contributed by atoms with van der Waals surface area (Å²) in [5.41, 5.74) is 32.0. The number of benzene rings is 11. The van der Waals surface area contributed by atoms with E-state index in [1.165, 1.54) is 159 Å². The number of nitrogens with zero attached hydrogens (tertiary/aromatic N) is 3. The van der Waals surface area contributed by atoms with Crippen molar-refractivity contribution in [2.45, 2.75) is 129 Å². The maximum Gasteiger partial charge on any atom is 0.252 e. The average molecular weight is 1170 g/mol. The minimum absolute atomic E-state index is 0.00389. The minimum atomic E-state index is -0.111. The van der Waals surface area contributed by atoms with Crippen LogP contribution in [0.25, 0.3) is 72.0 Å². The molecule has 4 heteroatoms. The van der Waals surface area contributed by atoms with E-state index in [0.29, 0.717) is 0 Å². The lowest BCUT2D eigenvalue weighted by molar-refractivity contribution is 0.332. The molecule has 442 valence electrons. The molecule has 16 rings (SSSR count). The third kappa shape index (κ3) is 8.98. The van der Waals surface area contributed by atoms with Gasteiger partial charge in [-0.15, -0.1) is 0 Å². The van der Waals surface area contributed by atoms with Crippen LogP contribution in [0.5, 0.6) is 0 Å². The van der Waals surface area contributed by atoms with Gasteiger partial charge in [-0.1, -0.05) is 246 Å². The zero-order chi connectivity index (χ0) is 61.8.